The topological polar surface area (TPSA) is 91.6 Å². The molecule has 2 amide bonds. The van der Waals surface area contributed by atoms with Gasteiger partial charge >= 0.3 is 0 Å². The minimum atomic E-state index is -0.605. The van der Waals surface area contributed by atoms with Gasteiger partial charge in [-0.15, -0.1) is 0 Å². The van der Waals surface area contributed by atoms with Crippen LogP contribution in [-0.4, -0.2) is 55.9 Å². The summed E-state index contributed by atoms with van der Waals surface area (Å²) in [6.07, 6.45) is 0. The van der Waals surface area contributed by atoms with Gasteiger partial charge in [0, 0.05) is 28.2 Å². The fourth-order valence-corrected chi connectivity index (χ4v) is 2.20. The number of nitrogens with one attached hydrogen (secondary N) is 1. The third-order valence-electron chi connectivity index (χ3n) is 2.39. The van der Waals surface area contributed by atoms with Crippen molar-refractivity contribution >= 4 is 34.1 Å². The maximum Gasteiger partial charge on any atom is 0.265 e. The third-order valence-corrected chi connectivity index (χ3v) is 3.63. The van der Waals surface area contributed by atoms with E-state index in [4.69, 9.17) is 5.73 Å². The van der Waals surface area contributed by atoms with E-state index in [0.29, 0.717) is 10.0 Å². The molecule has 8 heteroatoms. The van der Waals surface area contributed by atoms with Gasteiger partial charge in [-0.05, 0) is 6.92 Å². The van der Waals surface area contributed by atoms with E-state index in [1.807, 2.05) is 14.1 Å². The highest BCUT2D eigenvalue weighted by Crippen LogP contribution is 2.26. The second kappa shape index (κ2) is 5.87. The van der Waals surface area contributed by atoms with Crippen LogP contribution in [0.2, 0.25) is 0 Å². The zero-order valence-electron chi connectivity index (χ0n) is 11.7. The van der Waals surface area contributed by atoms with Gasteiger partial charge in [0.1, 0.15) is 16.7 Å². The van der Waals surface area contributed by atoms with Crippen LogP contribution in [0.3, 0.4) is 0 Å². The first kappa shape index (κ1) is 15.2. The molecule has 106 valence electrons. The van der Waals surface area contributed by atoms with Crippen LogP contribution in [0.15, 0.2) is 0 Å². The molecule has 1 atom stereocenters. The Hall–Kier alpha value is -1.83. The van der Waals surface area contributed by atoms with E-state index < -0.39 is 6.04 Å². The van der Waals surface area contributed by atoms with E-state index in [1.54, 1.807) is 25.9 Å². The lowest BCUT2D eigenvalue weighted by Gasteiger charge is -2.17. The molecule has 0 spiro atoms. The van der Waals surface area contributed by atoms with Gasteiger partial charge in [-0.2, -0.15) is 0 Å². The van der Waals surface area contributed by atoms with Gasteiger partial charge in [-0.25, -0.2) is 4.98 Å². The van der Waals surface area contributed by atoms with Crippen LogP contribution >= 0.6 is 11.3 Å². The number of carbonyl (C=O) groups is 2. The minimum Gasteiger partial charge on any atom is -0.382 e. The molecule has 1 rings (SSSR count). The van der Waals surface area contributed by atoms with Crippen molar-refractivity contribution in [2.24, 2.45) is 0 Å². The predicted octanol–water partition coefficient (Wildman–Crippen LogP) is -0.00220. The molecule has 3 N–H and O–H groups in total. The lowest BCUT2D eigenvalue weighted by atomic mass is 10.3. The van der Waals surface area contributed by atoms with Gasteiger partial charge in [-0.1, -0.05) is 11.3 Å². The van der Waals surface area contributed by atoms with E-state index in [2.05, 4.69) is 10.3 Å². The Morgan fingerprint density at radius 3 is 2.32 bits per heavy atom. The number of rotatable bonds is 4. The normalized spacial score (nSPS) is 11.8. The zero-order chi connectivity index (χ0) is 14.7. The van der Waals surface area contributed by atoms with E-state index >= 15 is 0 Å². The molecule has 0 saturated heterocycles. The molecule has 19 heavy (non-hydrogen) atoms. The maximum absolute atomic E-state index is 12.0. The number of nitrogens with two attached hydrogens (primary N) is 1. The molecule has 1 aromatic heterocycles. The molecule has 0 aromatic carbocycles. The lowest BCUT2D eigenvalue weighted by Crippen LogP contribution is -2.44. The number of amides is 2. The van der Waals surface area contributed by atoms with Gasteiger partial charge in [0.2, 0.25) is 5.91 Å². The van der Waals surface area contributed by atoms with Gasteiger partial charge in [0.25, 0.3) is 5.91 Å². The van der Waals surface area contributed by atoms with E-state index in [-0.39, 0.29) is 17.6 Å². The molecular weight excluding hydrogens is 266 g/mol. The molecular formula is C11H19N5O2S. The second-order valence-electron chi connectivity index (χ2n) is 4.53. The predicted molar refractivity (Wildman–Crippen MR) is 76.5 cm³/mol. The van der Waals surface area contributed by atoms with E-state index in [0.717, 1.165) is 0 Å². The highest BCUT2D eigenvalue weighted by Gasteiger charge is 2.22. The first-order chi connectivity index (χ1) is 8.73. The summed E-state index contributed by atoms with van der Waals surface area (Å²) in [5.74, 6) is -0.384. The smallest absolute Gasteiger partial charge is 0.265 e. The molecule has 0 aliphatic rings. The van der Waals surface area contributed by atoms with Gasteiger partial charge in [-0.3, -0.25) is 9.59 Å². The summed E-state index contributed by atoms with van der Waals surface area (Å²) in [4.78, 5) is 31.3. The molecule has 1 aromatic rings. The van der Waals surface area contributed by atoms with Crippen molar-refractivity contribution in [2.45, 2.75) is 13.0 Å². The highest BCUT2D eigenvalue weighted by molar-refractivity contribution is 7.18. The second-order valence-corrected chi connectivity index (χ2v) is 5.51. The van der Waals surface area contributed by atoms with Crippen LogP contribution in [0.5, 0.6) is 0 Å². The molecule has 0 bridgehead atoms. The molecule has 0 fully saturated rings. The van der Waals surface area contributed by atoms with Crippen molar-refractivity contribution in [2.75, 3.05) is 38.8 Å². The van der Waals surface area contributed by atoms with Crippen LogP contribution in [-0.2, 0) is 4.79 Å². The summed E-state index contributed by atoms with van der Waals surface area (Å²) in [5.41, 5.74) is 5.71. The highest BCUT2D eigenvalue weighted by atomic mass is 32.1. The standard InChI is InChI=1S/C11H19N5O2S/c1-6(10(18)15(2)3)13-9(17)7-8(12)14-11(19-7)16(4)5/h6H,12H2,1-5H3,(H,13,17). The Kier molecular flexibility index (Phi) is 4.71. The van der Waals surface area contributed by atoms with Crippen LogP contribution in [0, 0.1) is 0 Å². The Morgan fingerprint density at radius 1 is 1.32 bits per heavy atom. The summed E-state index contributed by atoms with van der Waals surface area (Å²) in [5, 5.41) is 3.26. The molecule has 0 aliphatic carbocycles. The summed E-state index contributed by atoms with van der Waals surface area (Å²) in [6, 6.07) is -0.605. The Bertz CT molecular complexity index is 483. The van der Waals surface area contributed by atoms with Crippen molar-refractivity contribution in [1.29, 1.82) is 0 Å². The Morgan fingerprint density at radius 2 is 1.89 bits per heavy atom. The molecule has 7 nitrogen and oxygen atoms in total. The number of thiazole rings is 1. The van der Waals surface area contributed by atoms with E-state index in [9.17, 15) is 9.59 Å². The van der Waals surface area contributed by atoms with Gasteiger partial charge in [0.15, 0.2) is 5.13 Å². The maximum atomic E-state index is 12.0. The van der Waals surface area contributed by atoms with Gasteiger partial charge in [0.05, 0.1) is 0 Å². The summed E-state index contributed by atoms with van der Waals surface area (Å²) >= 11 is 1.19. The fraction of sp³-hybridized carbons (Fsp3) is 0.545. The minimum absolute atomic E-state index is 0.177. The fourth-order valence-electron chi connectivity index (χ4n) is 1.39. The van der Waals surface area contributed by atoms with Crippen LogP contribution in [0.1, 0.15) is 16.6 Å². The Labute approximate surface area is 116 Å². The number of carbonyl (C=O) groups excluding carboxylic acids is 2. The summed E-state index contributed by atoms with van der Waals surface area (Å²) in [7, 11) is 6.91. The van der Waals surface area contributed by atoms with Crippen molar-refractivity contribution in [3.8, 4) is 0 Å². The average molecular weight is 285 g/mol. The van der Waals surface area contributed by atoms with Gasteiger partial charge < -0.3 is 20.9 Å². The number of nitrogen functional groups attached to an aromatic ring is 1. The van der Waals surface area contributed by atoms with Crippen molar-refractivity contribution < 1.29 is 9.59 Å². The first-order valence-corrected chi connectivity index (χ1v) is 6.51. The monoisotopic (exact) mass is 285 g/mol. The summed E-state index contributed by atoms with van der Waals surface area (Å²) in [6.45, 7) is 1.63. The number of nitrogens with zero attached hydrogens (tertiary/aromatic N) is 3. The molecule has 0 saturated carbocycles. The van der Waals surface area contributed by atoms with Crippen molar-refractivity contribution in [1.82, 2.24) is 15.2 Å². The van der Waals surface area contributed by atoms with Crippen molar-refractivity contribution in [3.63, 3.8) is 0 Å². The number of likely N-dealkylation sites (N-methyl/N-ethyl adjacent to an activating group) is 1. The Balaban J connectivity index is 2.81. The van der Waals surface area contributed by atoms with Crippen LogP contribution in [0.4, 0.5) is 10.9 Å². The number of anilines is 2. The summed E-state index contributed by atoms with van der Waals surface area (Å²) < 4.78 is 0. The van der Waals surface area contributed by atoms with Crippen LogP contribution < -0.4 is 16.0 Å². The first-order valence-electron chi connectivity index (χ1n) is 5.69. The molecule has 1 unspecified atom stereocenters. The zero-order valence-corrected chi connectivity index (χ0v) is 12.5. The molecule has 0 aliphatic heterocycles. The number of hydrogen-bond donors (Lipinski definition) is 2. The molecule has 0 radical (unpaired) electrons. The largest absolute Gasteiger partial charge is 0.382 e. The van der Waals surface area contributed by atoms with E-state index in [1.165, 1.54) is 16.2 Å². The quantitative estimate of drug-likeness (QED) is 0.812. The number of aromatic nitrogens is 1. The van der Waals surface area contributed by atoms with Crippen molar-refractivity contribution in [3.05, 3.63) is 4.88 Å². The van der Waals surface area contributed by atoms with Crippen LogP contribution in [0.25, 0.3) is 0 Å². The SMILES string of the molecule is CC(NC(=O)c1sc(N(C)C)nc1N)C(=O)N(C)C. The molecule has 1 heterocycles. The third kappa shape index (κ3) is 3.57. The number of hydrogen-bond acceptors (Lipinski definition) is 6. The average Bonchev–Trinajstić information content (AvgIpc) is 2.70. The lowest BCUT2D eigenvalue weighted by molar-refractivity contribution is -0.130.